The summed E-state index contributed by atoms with van der Waals surface area (Å²) in [5.41, 5.74) is 3.63. The molecular weight excluding hydrogens is 368 g/mol. The molecule has 2 rings (SSSR count). The Hall–Kier alpha value is -2.73. The fourth-order valence-corrected chi connectivity index (χ4v) is 2.53. The maximum Gasteiger partial charge on any atom is 0.271 e. The van der Waals surface area contributed by atoms with Crippen LogP contribution in [0.3, 0.4) is 0 Å². The van der Waals surface area contributed by atoms with E-state index in [-0.39, 0.29) is 5.91 Å². The molecule has 1 N–H and O–H groups in total. The topological polar surface area (TPSA) is 69.2 Å². The van der Waals surface area contributed by atoms with Gasteiger partial charge in [0.05, 0.1) is 31.6 Å². The largest absolute Gasteiger partial charge is 0.494 e. The van der Waals surface area contributed by atoms with Crippen molar-refractivity contribution in [1.29, 1.82) is 0 Å². The zero-order valence-corrected chi connectivity index (χ0v) is 16.4. The Labute approximate surface area is 164 Å². The maximum absolute atomic E-state index is 12.1. The fraction of sp³-hybridized carbons (Fsp3) is 0.300. The number of carbonyl (C=O) groups excluding carboxylic acids is 1. The molecule has 0 aliphatic carbocycles. The normalized spacial score (nSPS) is 10.7. The first-order chi connectivity index (χ1) is 13.1. The number of carbonyl (C=O) groups is 1. The minimum Gasteiger partial charge on any atom is -0.494 e. The second kappa shape index (κ2) is 10.4. The van der Waals surface area contributed by atoms with E-state index in [1.807, 2.05) is 13.8 Å². The number of methoxy groups -OCH3 is 1. The summed E-state index contributed by atoms with van der Waals surface area (Å²) in [4.78, 5) is 12.1. The Morgan fingerprint density at radius 3 is 2.56 bits per heavy atom. The molecule has 144 valence electrons. The van der Waals surface area contributed by atoms with Crippen LogP contribution in [-0.2, 0) is 0 Å². The Morgan fingerprint density at radius 2 is 1.93 bits per heavy atom. The van der Waals surface area contributed by atoms with Gasteiger partial charge in [-0.1, -0.05) is 18.5 Å². The number of hydrogen-bond acceptors (Lipinski definition) is 5. The lowest BCUT2D eigenvalue weighted by molar-refractivity contribution is 0.0955. The molecule has 0 bridgehead atoms. The predicted octanol–water partition coefficient (Wildman–Crippen LogP) is 4.30. The van der Waals surface area contributed by atoms with Crippen molar-refractivity contribution in [2.75, 3.05) is 20.3 Å². The summed E-state index contributed by atoms with van der Waals surface area (Å²) in [5, 5.41) is 4.39. The van der Waals surface area contributed by atoms with Crippen molar-refractivity contribution in [2.24, 2.45) is 5.10 Å². The SMILES string of the molecule is CCCOc1c(Cl)cc(/C=N\NC(=O)c2ccc(OCC)cc2)cc1OC. The number of nitrogens with zero attached hydrogens (tertiary/aromatic N) is 1. The van der Waals surface area contributed by atoms with E-state index in [1.165, 1.54) is 6.21 Å². The Morgan fingerprint density at radius 1 is 1.19 bits per heavy atom. The van der Waals surface area contributed by atoms with Gasteiger partial charge in [-0.25, -0.2) is 5.43 Å². The van der Waals surface area contributed by atoms with E-state index in [1.54, 1.807) is 43.5 Å². The van der Waals surface area contributed by atoms with Crippen molar-refractivity contribution in [1.82, 2.24) is 5.43 Å². The smallest absolute Gasteiger partial charge is 0.271 e. The number of ether oxygens (including phenoxy) is 3. The fourth-order valence-electron chi connectivity index (χ4n) is 2.26. The number of rotatable bonds is 9. The number of halogens is 1. The van der Waals surface area contributed by atoms with Gasteiger partial charge in [-0.3, -0.25) is 4.79 Å². The van der Waals surface area contributed by atoms with Crippen LogP contribution in [-0.4, -0.2) is 32.4 Å². The van der Waals surface area contributed by atoms with Crippen molar-refractivity contribution in [2.45, 2.75) is 20.3 Å². The van der Waals surface area contributed by atoms with Crippen LogP contribution in [0.4, 0.5) is 0 Å². The van der Waals surface area contributed by atoms with Crippen LogP contribution >= 0.6 is 11.6 Å². The molecule has 0 unspecified atom stereocenters. The molecule has 0 atom stereocenters. The highest BCUT2D eigenvalue weighted by molar-refractivity contribution is 6.32. The molecule has 2 aromatic carbocycles. The van der Waals surface area contributed by atoms with E-state index in [9.17, 15) is 4.79 Å². The molecule has 1 amide bonds. The zero-order chi connectivity index (χ0) is 19.6. The van der Waals surface area contributed by atoms with Gasteiger partial charge in [0.2, 0.25) is 0 Å². The highest BCUT2D eigenvalue weighted by atomic mass is 35.5. The molecule has 0 aliphatic rings. The van der Waals surface area contributed by atoms with Crippen molar-refractivity contribution in [3.63, 3.8) is 0 Å². The van der Waals surface area contributed by atoms with Gasteiger partial charge >= 0.3 is 0 Å². The summed E-state index contributed by atoms with van der Waals surface area (Å²) < 4.78 is 16.3. The summed E-state index contributed by atoms with van der Waals surface area (Å²) in [6, 6.07) is 10.3. The van der Waals surface area contributed by atoms with Crippen molar-refractivity contribution in [3.05, 3.63) is 52.5 Å². The minimum atomic E-state index is -0.324. The van der Waals surface area contributed by atoms with Gasteiger partial charge in [0.1, 0.15) is 5.75 Å². The third-order valence-corrected chi connectivity index (χ3v) is 3.79. The van der Waals surface area contributed by atoms with E-state index >= 15 is 0 Å². The summed E-state index contributed by atoms with van der Waals surface area (Å²) in [6.07, 6.45) is 2.35. The highest BCUT2D eigenvalue weighted by Gasteiger charge is 2.11. The Kier molecular flexibility index (Phi) is 7.95. The van der Waals surface area contributed by atoms with Gasteiger partial charge in [0.25, 0.3) is 5.91 Å². The second-order valence-electron chi connectivity index (χ2n) is 5.54. The summed E-state index contributed by atoms with van der Waals surface area (Å²) in [7, 11) is 1.54. The van der Waals surface area contributed by atoms with Gasteiger partial charge in [-0.2, -0.15) is 5.10 Å². The van der Waals surface area contributed by atoms with Crippen LogP contribution in [0.2, 0.25) is 5.02 Å². The number of nitrogens with one attached hydrogen (secondary N) is 1. The van der Waals surface area contributed by atoms with Crippen molar-refractivity contribution >= 4 is 23.7 Å². The monoisotopic (exact) mass is 390 g/mol. The first-order valence-electron chi connectivity index (χ1n) is 8.65. The lowest BCUT2D eigenvalue weighted by atomic mass is 10.2. The van der Waals surface area contributed by atoms with Crippen LogP contribution in [0.1, 0.15) is 36.2 Å². The first kappa shape index (κ1) is 20.6. The van der Waals surface area contributed by atoms with Gasteiger partial charge in [-0.05, 0) is 55.3 Å². The molecule has 0 spiro atoms. The second-order valence-corrected chi connectivity index (χ2v) is 5.95. The predicted molar refractivity (Wildman–Crippen MR) is 106 cm³/mol. The molecular formula is C20H23ClN2O4. The standard InChI is InChI=1S/C20H23ClN2O4/c1-4-10-27-19-17(21)11-14(12-18(19)25-3)13-22-23-20(24)15-6-8-16(9-7-15)26-5-2/h6-9,11-13H,4-5,10H2,1-3H3,(H,23,24)/b22-13-. The third-order valence-electron chi connectivity index (χ3n) is 3.51. The number of hydrogen-bond donors (Lipinski definition) is 1. The molecule has 27 heavy (non-hydrogen) atoms. The third kappa shape index (κ3) is 5.89. The van der Waals surface area contributed by atoms with Crippen molar-refractivity contribution < 1.29 is 19.0 Å². The van der Waals surface area contributed by atoms with Crippen LogP contribution in [0.25, 0.3) is 0 Å². The molecule has 2 aromatic rings. The average molecular weight is 391 g/mol. The lowest BCUT2D eigenvalue weighted by Crippen LogP contribution is -2.17. The highest BCUT2D eigenvalue weighted by Crippen LogP contribution is 2.36. The molecule has 0 saturated carbocycles. The molecule has 0 aromatic heterocycles. The molecule has 0 heterocycles. The molecule has 7 heteroatoms. The van der Waals surface area contributed by atoms with Gasteiger partial charge in [0.15, 0.2) is 11.5 Å². The maximum atomic E-state index is 12.1. The summed E-state index contributed by atoms with van der Waals surface area (Å²) in [6.45, 7) is 5.03. The molecule has 0 saturated heterocycles. The minimum absolute atomic E-state index is 0.324. The number of hydrazone groups is 1. The Bertz CT molecular complexity index is 791. The van der Waals surface area contributed by atoms with Crippen LogP contribution < -0.4 is 19.6 Å². The van der Waals surface area contributed by atoms with Crippen LogP contribution in [0.5, 0.6) is 17.2 Å². The molecule has 0 fully saturated rings. The average Bonchev–Trinajstić information content (AvgIpc) is 2.67. The van der Waals surface area contributed by atoms with Crippen LogP contribution in [0, 0.1) is 0 Å². The van der Waals surface area contributed by atoms with Crippen LogP contribution in [0.15, 0.2) is 41.5 Å². The Balaban J connectivity index is 2.04. The molecule has 6 nitrogen and oxygen atoms in total. The number of benzene rings is 2. The van der Waals surface area contributed by atoms with E-state index < -0.39 is 0 Å². The van der Waals surface area contributed by atoms with Gasteiger partial charge in [-0.15, -0.1) is 0 Å². The van der Waals surface area contributed by atoms with E-state index in [4.69, 9.17) is 25.8 Å². The zero-order valence-electron chi connectivity index (χ0n) is 15.6. The lowest BCUT2D eigenvalue weighted by Gasteiger charge is -2.12. The first-order valence-corrected chi connectivity index (χ1v) is 9.03. The summed E-state index contributed by atoms with van der Waals surface area (Å²) >= 11 is 6.26. The summed E-state index contributed by atoms with van der Waals surface area (Å²) in [5.74, 6) is 1.40. The molecule has 0 aliphatic heterocycles. The van der Waals surface area contributed by atoms with E-state index in [0.29, 0.717) is 46.6 Å². The number of amides is 1. The van der Waals surface area contributed by atoms with Crippen molar-refractivity contribution in [3.8, 4) is 17.2 Å². The van der Waals surface area contributed by atoms with Gasteiger partial charge < -0.3 is 14.2 Å². The van der Waals surface area contributed by atoms with Gasteiger partial charge in [0, 0.05) is 5.56 Å². The van der Waals surface area contributed by atoms with E-state index in [2.05, 4.69) is 10.5 Å². The molecule has 0 radical (unpaired) electrons. The van der Waals surface area contributed by atoms with E-state index in [0.717, 1.165) is 6.42 Å². The quantitative estimate of drug-likeness (QED) is 0.512.